The SMILES string of the molecule is O=C(COC(=O)Cc1cccc2ccccc12)NCc1ccccc1Cl. The Kier molecular flexibility index (Phi) is 5.87. The Morgan fingerprint density at radius 1 is 0.885 bits per heavy atom. The molecule has 5 heteroatoms. The molecule has 26 heavy (non-hydrogen) atoms. The number of nitrogens with one attached hydrogen (secondary N) is 1. The molecule has 0 aromatic heterocycles. The number of carbonyl (C=O) groups excluding carboxylic acids is 2. The molecule has 0 saturated carbocycles. The molecule has 0 heterocycles. The number of benzene rings is 3. The third-order valence-corrected chi connectivity index (χ3v) is 4.38. The molecule has 3 aromatic rings. The van der Waals surface area contributed by atoms with Gasteiger partial charge in [-0.3, -0.25) is 9.59 Å². The van der Waals surface area contributed by atoms with Crippen LogP contribution >= 0.6 is 11.6 Å². The van der Waals surface area contributed by atoms with Crippen molar-refractivity contribution in [3.8, 4) is 0 Å². The third kappa shape index (κ3) is 4.61. The van der Waals surface area contributed by atoms with Crippen LogP contribution in [0.15, 0.2) is 66.7 Å². The fraction of sp³-hybridized carbons (Fsp3) is 0.143. The van der Waals surface area contributed by atoms with E-state index in [9.17, 15) is 9.59 Å². The van der Waals surface area contributed by atoms with E-state index in [2.05, 4.69) is 5.32 Å². The van der Waals surface area contributed by atoms with E-state index < -0.39 is 5.97 Å². The molecule has 0 aliphatic carbocycles. The van der Waals surface area contributed by atoms with E-state index in [1.165, 1.54) is 0 Å². The van der Waals surface area contributed by atoms with Crippen LogP contribution in [-0.4, -0.2) is 18.5 Å². The van der Waals surface area contributed by atoms with Gasteiger partial charge in [0.15, 0.2) is 6.61 Å². The number of carbonyl (C=O) groups is 2. The summed E-state index contributed by atoms with van der Waals surface area (Å²) < 4.78 is 5.09. The molecule has 1 N–H and O–H groups in total. The van der Waals surface area contributed by atoms with Crippen LogP contribution in [0, 0.1) is 0 Å². The minimum Gasteiger partial charge on any atom is -0.455 e. The van der Waals surface area contributed by atoms with E-state index >= 15 is 0 Å². The summed E-state index contributed by atoms with van der Waals surface area (Å²) >= 11 is 6.04. The maximum absolute atomic E-state index is 12.1. The van der Waals surface area contributed by atoms with E-state index in [1.54, 1.807) is 6.07 Å². The monoisotopic (exact) mass is 367 g/mol. The Morgan fingerprint density at radius 2 is 1.58 bits per heavy atom. The molecule has 0 bridgehead atoms. The van der Waals surface area contributed by atoms with Gasteiger partial charge in [0.25, 0.3) is 5.91 Å². The number of fused-ring (bicyclic) bond motifs is 1. The topological polar surface area (TPSA) is 55.4 Å². The summed E-state index contributed by atoms with van der Waals surface area (Å²) in [6, 6.07) is 20.9. The highest BCUT2D eigenvalue weighted by Gasteiger charge is 2.11. The first-order valence-electron chi connectivity index (χ1n) is 8.26. The molecule has 1 amide bonds. The maximum Gasteiger partial charge on any atom is 0.310 e. The van der Waals surface area contributed by atoms with Gasteiger partial charge in [0, 0.05) is 11.6 Å². The first kappa shape index (κ1) is 18.0. The first-order valence-corrected chi connectivity index (χ1v) is 8.63. The van der Waals surface area contributed by atoms with Crippen LogP contribution < -0.4 is 5.32 Å². The molecule has 0 atom stereocenters. The van der Waals surface area contributed by atoms with E-state index in [0.29, 0.717) is 11.6 Å². The van der Waals surface area contributed by atoms with Crippen molar-refractivity contribution in [3.05, 3.63) is 82.9 Å². The molecule has 0 aliphatic heterocycles. The molecule has 0 radical (unpaired) electrons. The highest BCUT2D eigenvalue weighted by atomic mass is 35.5. The quantitative estimate of drug-likeness (QED) is 0.672. The minimum atomic E-state index is -0.436. The van der Waals surface area contributed by atoms with Crippen LogP contribution in [-0.2, 0) is 27.3 Å². The van der Waals surface area contributed by atoms with Gasteiger partial charge in [0.2, 0.25) is 0 Å². The molecular weight excluding hydrogens is 350 g/mol. The Hall–Kier alpha value is -2.85. The van der Waals surface area contributed by atoms with Crippen LogP contribution in [0.5, 0.6) is 0 Å². The van der Waals surface area contributed by atoms with Crippen molar-refractivity contribution >= 4 is 34.2 Å². The Labute approximate surface area is 156 Å². The Balaban J connectivity index is 1.50. The zero-order valence-corrected chi connectivity index (χ0v) is 14.8. The van der Waals surface area contributed by atoms with Crippen LogP contribution in [0.4, 0.5) is 0 Å². The molecule has 132 valence electrons. The minimum absolute atomic E-state index is 0.124. The Morgan fingerprint density at radius 3 is 2.42 bits per heavy atom. The van der Waals surface area contributed by atoms with Crippen molar-refractivity contribution in [2.45, 2.75) is 13.0 Å². The second kappa shape index (κ2) is 8.50. The number of halogens is 1. The number of rotatable bonds is 6. The van der Waals surface area contributed by atoms with Crippen LogP contribution in [0.3, 0.4) is 0 Å². The van der Waals surface area contributed by atoms with Gasteiger partial charge in [-0.05, 0) is 28.0 Å². The van der Waals surface area contributed by atoms with Gasteiger partial charge in [-0.15, -0.1) is 0 Å². The second-order valence-electron chi connectivity index (χ2n) is 5.84. The fourth-order valence-electron chi connectivity index (χ4n) is 2.69. The smallest absolute Gasteiger partial charge is 0.310 e. The van der Waals surface area contributed by atoms with Gasteiger partial charge >= 0.3 is 5.97 Å². The average molecular weight is 368 g/mol. The molecule has 0 fully saturated rings. The molecule has 3 aromatic carbocycles. The number of hydrogen-bond acceptors (Lipinski definition) is 3. The molecule has 3 rings (SSSR count). The van der Waals surface area contributed by atoms with Gasteiger partial charge in [0.1, 0.15) is 0 Å². The van der Waals surface area contributed by atoms with Crippen LogP contribution in [0.1, 0.15) is 11.1 Å². The van der Waals surface area contributed by atoms with Crippen molar-refractivity contribution in [1.29, 1.82) is 0 Å². The molecular formula is C21H18ClNO3. The molecule has 0 saturated heterocycles. The van der Waals surface area contributed by atoms with Gasteiger partial charge in [-0.25, -0.2) is 0 Å². The van der Waals surface area contributed by atoms with Crippen molar-refractivity contribution in [3.63, 3.8) is 0 Å². The van der Waals surface area contributed by atoms with Gasteiger partial charge in [-0.1, -0.05) is 72.3 Å². The molecule has 0 unspecified atom stereocenters. The zero-order chi connectivity index (χ0) is 18.4. The predicted octanol–water partition coefficient (Wildman–Crippen LogP) is 3.90. The van der Waals surface area contributed by atoms with Crippen LogP contribution in [0.25, 0.3) is 10.8 Å². The highest BCUT2D eigenvalue weighted by molar-refractivity contribution is 6.31. The second-order valence-corrected chi connectivity index (χ2v) is 6.25. The lowest BCUT2D eigenvalue weighted by Crippen LogP contribution is -2.28. The summed E-state index contributed by atoms with van der Waals surface area (Å²) in [4.78, 5) is 23.9. The standard InChI is InChI=1S/C21H18ClNO3/c22-19-11-4-2-7-17(19)13-23-20(24)14-26-21(25)12-16-9-5-8-15-6-1-3-10-18(15)16/h1-11H,12-14H2,(H,23,24). The van der Waals surface area contributed by atoms with Gasteiger partial charge in [-0.2, -0.15) is 0 Å². The van der Waals surface area contributed by atoms with Crippen molar-refractivity contribution in [1.82, 2.24) is 5.32 Å². The lowest BCUT2D eigenvalue weighted by molar-refractivity contribution is -0.147. The van der Waals surface area contributed by atoms with Gasteiger partial charge in [0.05, 0.1) is 6.42 Å². The van der Waals surface area contributed by atoms with Crippen LogP contribution in [0.2, 0.25) is 5.02 Å². The van der Waals surface area contributed by atoms with Gasteiger partial charge < -0.3 is 10.1 Å². The number of amides is 1. The van der Waals surface area contributed by atoms with Crippen molar-refractivity contribution in [2.75, 3.05) is 6.61 Å². The van der Waals surface area contributed by atoms with Crippen molar-refractivity contribution < 1.29 is 14.3 Å². The third-order valence-electron chi connectivity index (χ3n) is 4.01. The molecule has 4 nitrogen and oxygen atoms in total. The number of esters is 1. The van der Waals surface area contributed by atoms with E-state index in [1.807, 2.05) is 60.7 Å². The Bertz CT molecular complexity index is 934. The summed E-state index contributed by atoms with van der Waals surface area (Å²) in [5, 5.41) is 5.35. The van der Waals surface area contributed by atoms with Crippen molar-refractivity contribution in [2.24, 2.45) is 0 Å². The first-order chi connectivity index (χ1) is 12.6. The highest BCUT2D eigenvalue weighted by Crippen LogP contribution is 2.19. The van der Waals surface area contributed by atoms with E-state index in [4.69, 9.17) is 16.3 Å². The summed E-state index contributed by atoms with van der Waals surface area (Å²) in [7, 11) is 0. The summed E-state index contributed by atoms with van der Waals surface area (Å²) in [5.41, 5.74) is 1.69. The largest absolute Gasteiger partial charge is 0.455 e. The number of hydrogen-bond donors (Lipinski definition) is 1. The zero-order valence-electron chi connectivity index (χ0n) is 14.1. The molecule has 0 spiro atoms. The summed E-state index contributed by atoms with van der Waals surface area (Å²) in [5.74, 6) is -0.801. The summed E-state index contributed by atoms with van der Waals surface area (Å²) in [6.45, 7) is -0.0204. The normalized spacial score (nSPS) is 10.5. The van der Waals surface area contributed by atoms with E-state index in [0.717, 1.165) is 21.9 Å². The average Bonchev–Trinajstić information content (AvgIpc) is 2.66. The lowest BCUT2D eigenvalue weighted by atomic mass is 10.0. The lowest BCUT2D eigenvalue weighted by Gasteiger charge is -2.09. The fourth-order valence-corrected chi connectivity index (χ4v) is 2.89. The molecule has 0 aliphatic rings. The van der Waals surface area contributed by atoms with E-state index in [-0.39, 0.29) is 18.9 Å². The maximum atomic E-state index is 12.1. The predicted molar refractivity (Wildman–Crippen MR) is 102 cm³/mol. The number of ether oxygens (including phenoxy) is 1. The summed E-state index contributed by atoms with van der Waals surface area (Å²) in [6.07, 6.45) is 0.124.